The van der Waals surface area contributed by atoms with Gasteiger partial charge in [0.25, 0.3) is 5.91 Å². The number of thioether (sulfide) groups is 1. The van der Waals surface area contributed by atoms with Crippen LogP contribution in [0.4, 0.5) is 10.5 Å². The molecule has 1 aliphatic heterocycles. The number of carbonyl (C=O) groups excluding carboxylic acids is 3. The number of anilines is 1. The maximum absolute atomic E-state index is 12.2. The number of imide groups is 1. The molecular formula is C15H18ClN3O3S. The zero-order valence-corrected chi connectivity index (χ0v) is 14.5. The van der Waals surface area contributed by atoms with Crippen LogP contribution in [0.5, 0.6) is 0 Å². The zero-order valence-electron chi connectivity index (χ0n) is 12.9. The molecule has 0 aliphatic carbocycles. The molecule has 2 N–H and O–H groups in total. The van der Waals surface area contributed by atoms with Gasteiger partial charge < -0.3 is 10.6 Å². The van der Waals surface area contributed by atoms with Gasteiger partial charge in [-0.3, -0.25) is 14.5 Å². The molecule has 2 rings (SSSR count). The van der Waals surface area contributed by atoms with Crippen LogP contribution in [0, 0.1) is 6.92 Å². The first-order chi connectivity index (χ1) is 10.9. The van der Waals surface area contributed by atoms with Crippen molar-refractivity contribution in [1.82, 2.24) is 10.2 Å². The highest BCUT2D eigenvalue weighted by Crippen LogP contribution is 2.20. The van der Waals surface area contributed by atoms with Crippen molar-refractivity contribution in [2.75, 3.05) is 23.9 Å². The number of benzene rings is 1. The van der Waals surface area contributed by atoms with Crippen LogP contribution in [0.3, 0.4) is 0 Å². The second kappa shape index (κ2) is 7.70. The largest absolute Gasteiger partial charge is 0.326 e. The number of amides is 4. The number of urea groups is 1. The summed E-state index contributed by atoms with van der Waals surface area (Å²) in [5, 5.41) is 5.78. The second-order valence-electron chi connectivity index (χ2n) is 5.22. The third kappa shape index (κ3) is 4.39. The van der Waals surface area contributed by atoms with E-state index >= 15 is 0 Å². The lowest BCUT2D eigenvalue weighted by molar-refractivity contribution is -0.130. The number of hydrogen-bond donors (Lipinski definition) is 2. The van der Waals surface area contributed by atoms with Gasteiger partial charge in [0.2, 0.25) is 5.91 Å². The Bertz CT molecular complexity index is 638. The molecule has 1 fully saturated rings. The van der Waals surface area contributed by atoms with Crippen molar-refractivity contribution in [2.45, 2.75) is 19.4 Å². The van der Waals surface area contributed by atoms with E-state index in [1.165, 1.54) is 0 Å². The fourth-order valence-electron chi connectivity index (χ4n) is 2.22. The number of nitrogens with zero attached hydrogens (tertiary/aromatic N) is 1. The van der Waals surface area contributed by atoms with E-state index in [0.29, 0.717) is 17.1 Å². The first-order valence-electron chi connectivity index (χ1n) is 7.09. The Morgan fingerprint density at radius 3 is 2.87 bits per heavy atom. The molecule has 0 radical (unpaired) electrons. The topological polar surface area (TPSA) is 78.5 Å². The van der Waals surface area contributed by atoms with Crippen LogP contribution < -0.4 is 10.6 Å². The fraction of sp³-hybridized carbons (Fsp3) is 0.400. The summed E-state index contributed by atoms with van der Waals surface area (Å²) in [6.07, 6.45) is 2.48. The molecule has 8 heteroatoms. The molecule has 1 aromatic rings. The van der Waals surface area contributed by atoms with Gasteiger partial charge in [-0.05, 0) is 43.0 Å². The monoisotopic (exact) mass is 355 g/mol. The molecule has 6 nitrogen and oxygen atoms in total. The van der Waals surface area contributed by atoms with Crippen LogP contribution >= 0.6 is 23.4 Å². The third-order valence-corrected chi connectivity index (χ3v) is 4.37. The number of carbonyl (C=O) groups is 3. The summed E-state index contributed by atoms with van der Waals surface area (Å²) in [6, 6.07) is 4.06. The van der Waals surface area contributed by atoms with Crippen LogP contribution in [0.1, 0.15) is 12.0 Å². The molecule has 1 aliphatic rings. The summed E-state index contributed by atoms with van der Waals surface area (Å²) >= 11 is 7.50. The van der Waals surface area contributed by atoms with E-state index in [4.69, 9.17) is 11.6 Å². The quantitative estimate of drug-likeness (QED) is 0.767. The predicted molar refractivity (Wildman–Crippen MR) is 91.9 cm³/mol. The summed E-state index contributed by atoms with van der Waals surface area (Å²) < 4.78 is 0. The van der Waals surface area contributed by atoms with E-state index in [2.05, 4.69) is 10.6 Å². The van der Waals surface area contributed by atoms with Gasteiger partial charge in [0.1, 0.15) is 12.6 Å². The predicted octanol–water partition coefficient (Wildman–Crippen LogP) is 2.26. The Morgan fingerprint density at radius 2 is 2.17 bits per heavy atom. The van der Waals surface area contributed by atoms with Crippen LogP contribution in [0.25, 0.3) is 0 Å². The molecule has 1 saturated heterocycles. The number of halogens is 1. The number of nitrogens with one attached hydrogen (secondary N) is 2. The van der Waals surface area contributed by atoms with Crippen molar-refractivity contribution in [1.29, 1.82) is 0 Å². The summed E-state index contributed by atoms with van der Waals surface area (Å²) in [6.45, 7) is 1.52. The molecule has 1 atom stereocenters. The van der Waals surface area contributed by atoms with Crippen LogP contribution in [-0.2, 0) is 9.59 Å². The van der Waals surface area contributed by atoms with Crippen molar-refractivity contribution in [3.8, 4) is 0 Å². The molecule has 1 unspecified atom stereocenters. The van der Waals surface area contributed by atoms with Gasteiger partial charge in [0.05, 0.1) is 0 Å². The van der Waals surface area contributed by atoms with E-state index in [9.17, 15) is 14.4 Å². The minimum atomic E-state index is -0.546. The average molecular weight is 356 g/mol. The molecule has 4 amide bonds. The highest BCUT2D eigenvalue weighted by atomic mass is 35.5. The van der Waals surface area contributed by atoms with Crippen molar-refractivity contribution in [3.63, 3.8) is 0 Å². The molecule has 0 bridgehead atoms. The van der Waals surface area contributed by atoms with Gasteiger partial charge in [0, 0.05) is 10.7 Å². The highest BCUT2D eigenvalue weighted by Gasteiger charge is 2.38. The molecule has 1 heterocycles. The lowest BCUT2D eigenvalue weighted by atomic mass is 10.2. The van der Waals surface area contributed by atoms with Crippen molar-refractivity contribution >= 4 is 46.9 Å². The van der Waals surface area contributed by atoms with Gasteiger partial charge in [-0.2, -0.15) is 11.8 Å². The molecule has 0 spiro atoms. The summed E-state index contributed by atoms with van der Waals surface area (Å²) in [5.41, 5.74) is 1.41. The van der Waals surface area contributed by atoms with Gasteiger partial charge in [0.15, 0.2) is 0 Å². The third-order valence-electron chi connectivity index (χ3n) is 3.49. The second-order valence-corrected chi connectivity index (χ2v) is 6.64. The first kappa shape index (κ1) is 17.6. The smallest absolute Gasteiger partial charge is 0.325 e. The molecule has 0 aromatic heterocycles. The van der Waals surface area contributed by atoms with Gasteiger partial charge >= 0.3 is 6.03 Å². The first-order valence-corrected chi connectivity index (χ1v) is 8.86. The number of rotatable bonds is 6. The summed E-state index contributed by atoms with van der Waals surface area (Å²) in [7, 11) is 0. The lowest BCUT2D eigenvalue weighted by Gasteiger charge is -2.14. The number of aryl methyl sites for hydroxylation is 1. The lowest BCUT2D eigenvalue weighted by Crippen LogP contribution is -2.38. The van der Waals surface area contributed by atoms with E-state index in [1.54, 1.807) is 30.0 Å². The zero-order chi connectivity index (χ0) is 17.0. The molecule has 0 saturated carbocycles. The SMILES string of the molecule is CSCCC1NC(=O)N(CC(=O)Nc2cc(Cl)ccc2C)C1=O. The Kier molecular flexibility index (Phi) is 5.90. The molecular weight excluding hydrogens is 338 g/mol. The Labute approximate surface area is 143 Å². The van der Waals surface area contributed by atoms with Crippen molar-refractivity contribution in [2.24, 2.45) is 0 Å². The highest BCUT2D eigenvalue weighted by molar-refractivity contribution is 7.98. The minimum Gasteiger partial charge on any atom is -0.326 e. The standard InChI is InChI=1S/C15H18ClN3O3S/c1-9-3-4-10(16)7-12(9)17-13(20)8-19-14(21)11(5-6-23-2)18-15(19)22/h3-4,7,11H,5-6,8H2,1-2H3,(H,17,20)(H,18,22). The maximum Gasteiger partial charge on any atom is 0.325 e. The van der Waals surface area contributed by atoms with E-state index in [-0.39, 0.29) is 12.5 Å². The van der Waals surface area contributed by atoms with Gasteiger partial charge in [-0.25, -0.2) is 4.79 Å². The van der Waals surface area contributed by atoms with Gasteiger partial charge in [-0.15, -0.1) is 0 Å². The summed E-state index contributed by atoms with van der Waals surface area (Å²) in [5.74, 6) is -0.0373. The van der Waals surface area contributed by atoms with Gasteiger partial charge in [-0.1, -0.05) is 17.7 Å². The van der Waals surface area contributed by atoms with E-state index < -0.39 is 18.0 Å². The average Bonchev–Trinajstić information content (AvgIpc) is 2.76. The normalized spacial score (nSPS) is 17.3. The number of hydrogen-bond acceptors (Lipinski definition) is 4. The maximum atomic E-state index is 12.2. The van der Waals surface area contributed by atoms with Crippen LogP contribution in [-0.4, -0.2) is 47.3 Å². The minimum absolute atomic E-state index is 0.313. The van der Waals surface area contributed by atoms with Crippen molar-refractivity contribution in [3.05, 3.63) is 28.8 Å². The van der Waals surface area contributed by atoms with Crippen molar-refractivity contribution < 1.29 is 14.4 Å². The van der Waals surface area contributed by atoms with Crippen LogP contribution in [0.2, 0.25) is 5.02 Å². The Morgan fingerprint density at radius 1 is 1.43 bits per heavy atom. The van der Waals surface area contributed by atoms with E-state index in [0.717, 1.165) is 16.2 Å². The molecule has 124 valence electrons. The Balaban J connectivity index is 1.98. The molecule has 23 heavy (non-hydrogen) atoms. The van der Waals surface area contributed by atoms with E-state index in [1.807, 2.05) is 13.2 Å². The summed E-state index contributed by atoms with van der Waals surface area (Å²) in [4.78, 5) is 37.1. The fourth-order valence-corrected chi connectivity index (χ4v) is 2.86. The van der Waals surface area contributed by atoms with Crippen LogP contribution in [0.15, 0.2) is 18.2 Å². The Hall–Kier alpha value is -1.73. The molecule has 1 aromatic carbocycles.